The number of halogens is 2. The normalized spacial score (nSPS) is 9.85. The zero-order valence-electron chi connectivity index (χ0n) is 9.67. The maximum atomic E-state index is 11.0. The maximum absolute atomic E-state index is 11.0. The third-order valence-electron chi connectivity index (χ3n) is 2.32. The maximum Gasteiger partial charge on any atom is 0.348 e. The van der Waals surface area contributed by atoms with E-state index in [-0.39, 0.29) is 22.2 Å². The molecule has 0 unspecified atom stereocenters. The second kappa shape index (κ2) is 5.69. The van der Waals surface area contributed by atoms with E-state index in [1.807, 2.05) is 6.07 Å². The summed E-state index contributed by atoms with van der Waals surface area (Å²) in [7, 11) is 0. The molecule has 1 aromatic carbocycles. The highest BCUT2D eigenvalue weighted by molar-refractivity contribution is 6.32. The van der Waals surface area contributed by atoms with Crippen LogP contribution >= 0.6 is 23.2 Å². The van der Waals surface area contributed by atoms with Gasteiger partial charge < -0.3 is 5.32 Å². The van der Waals surface area contributed by atoms with Crippen molar-refractivity contribution in [3.63, 3.8) is 0 Å². The highest BCUT2D eigenvalue weighted by Crippen LogP contribution is 2.32. The van der Waals surface area contributed by atoms with Crippen molar-refractivity contribution in [3.05, 3.63) is 50.4 Å². The molecule has 0 aliphatic heterocycles. The third-order valence-corrected chi connectivity index (χ3v) is 2.83. The van der Waals surface area contributed by atoms with Crippen LogP contribution in [0.25, 0.3) is 0 Å². The van der Waals surface area contributed by atoms with Crippen LogP contribution in [0.1, 0.15) is 5.56 Å². The summed E-state index contributed by atoms with van der Waals surface area (Å²) < 4.78 is 0. The number of nitrogens with zero attached hydrogens (tertiary/aromatic N) is 4. The quantitative estimate of drug-likeness (QED) is 0.530. The summed E-state index contributed by atoms with van der Waals surface area (Å²) in [5, 5.41) is 22.7. The SMILES string of the molecule is N#Cc1ccc(Cl)cc1Nc1ncnc(Cl)c1[N+](=O)[O-]. The van der Waals surface area contributed by atoms with Crippen LogP contribution in [0.15, 0.2) is 24.5 Å². The lowest BCUT2D eigenvalue weighted by molar-refractivity contribution is -0.384. The summed E-state index contributed by atoms with van der Waals surface area (Å²) in [5.41, 5.74) is 0.0781. The Hall–Kier alpha value is -2.43. The van der Waals surface area contributed by atoms with Gasteiger partial charge in [0.25, 0.3) is 0 Å². The van der Waals surface area contributed by atoms with E-state index < -0.39 is 10.6 Å². The fourth-order valence-electron chi connectivity index (χ4n) is 1.46. The minimum Gasteiger partial charge on any atom is -0.333 e. The minimum absolute atomic E-state index is 0.117. The monoisotopic (exact) mass is 309 g/mol. The molecule has 2 aromatic rings. The van der Waals surface area contributed by atoms with Gasteiger partial charge in [0, 0.05) is 5.02 Å². The van der Waals surface area contributed by atoms with E-state index in [0.717, 1.165) is 6.33 Å². The first-order valence-electron chi connectivity index (χ1n) is 5.14. The second-order valence-electron chi connectivity index (χ2n) is 3.55. The Morgan fingerprint density at radius 2 is 2.10 bits per heavy atom. The molecule has 0 aliphatic rings. The molecule has 1 aromatic heterocycles. The van der Waals surface area contributed by atoms with Crippen LogP contribution in [0.3, 0.4) is 0 Å². The van der Waals surface area contributed by atoms with Crippen LogP contribution < -0.4 is 5.32 Å². The van der Waals surface area contributed by atoms with Crippen LogP contribution in [-0.4, -0.2) is 14.9 Å². The van der Waals surface area contributed by atoms with E-state index in [4.69, 9.17) is 28.5 Å². The molecule has 0 radical (unpaired) electrons. The lowest BCUT2D eigenvalue weighted by Crippen LogP contribution is -2.02. The summed E-state index contributed by atoms with van der Waals surface area (Å²) in [6, 6.07) is 6.42. The van der Waals surface area contributed by atoms with E-state index in [0.29, 0.717) is 5.02 Å². The number of aromatic nitrogens is 2. The number of anilines is 2. The molecule has 0 fully saturated rings. The van der Waals surface area contributed by atoms with Crippen molar-refractivity contribution >= 4 is 40.4 Å². The van der Waals surface area contributed by atoms with Crippen molar-refractivity contribution in [2.75, 3.05) is 5.32 Å². The number of nitrogens with one attached hydrogen (secondary N) is 1. The Morgan fingerprint density at radius 3 is 2.75 bits per heavy atom. The number of nitro groups is 1. The number of hydrogen-bond acceptors (Lipinski definition) is 6. The summed E-state index contributed by atoms with van der Waals surface area (Å²) in [6.45, 7) is 0. The molecule has 1 heterocycles. The number of hydrogen-bond donors (Lipinski definition) is 1. The summed E-state index contributed by atoms with van der Waals surface area (Å²) in [5.74, 6) is -0.117. The zero-order valence-corrected chi connectivity index (χ0v) is 11.2. The van der Waals surface area contributed by atoms with Gasteiger partial charge in [0.05, 0.1) is 16.2 Å². The van der Waals surface area contributed by atoms with Crippen LogP contribution in [0.5, 0.6) is 0 Å². The van der Waals surface area contributed by atoms with Crippen LogP contribution in [-0.2, 0) is 0 Å². The Labute approximate surface area is 122 Å². The molecule has 100 valence electrons. The van der Waals surface area contributed by atoms with Crippen LogP contribution in [0.4, 0.5) is 17.2 Å². The van der Waals surface area contributed by atoms with E-state index >= 15 is 0 Å². The Morgan fingerprint density at radius 1 is 1.35 bits per heavy atom. The Kier molecular flexibility index (Phi) is 3.98. The van der Waals surface area contributed by atoms with E-state index in [9.17, 15) is 10.1 Å². The molecule has 0 aliphatic carbocycles. The van der Waals surface area contributed by atoms with Gasteiger partial charge in [0.15, 0.2) is 0 Å². The Bertz CT molecular complexity index is 729. The first-order chi connectivity index (χ1) is 9.52. The highest BCUT2D eigenvalue weighted by Gasteiger charge is 2.22. The van der Waals surface area contributed by atoms with Crippen molar-refractivity contribution in [3.8, 4) is 6.07 Å². The van der Waals surface area contributed by atoms with Crippen molar-refractivity contribution in [2.45, 2.75) is 0 Å². The van der Waals surface area contributed by atoms with Crippen molar-refractivity contribution < 1.29 is 4.92 Å². The molecule has 0 bridgehead atoms. The molecule has 0 saturated heterocycles. The molecule has 7 nitrogen and oxygen atoms in total. The number of rotatable bonds is 3. The summed E-state index contributed by atoms with van der Waals surface area (Å²) in [6.07, 6.45) is 1.08. The fourth-order valence-corrected chi connectivity index (χ4v) is 1.83. The van der Waals surface area contributed by atoms with Gasteiger partial charge in [-0.05, 0) is 18.2 Å². The van der Waals surface area contributed by atoms with E-state index in [2.05, 4.69) is 15.3 Å². The molecule has 0 saturated carbocycles. The van der Waals surface area contributed by atoms with Gasteiger partial charge in [0.1, 0.15) is 12.4 Å². The third kappa shape index (κ3) is 2.77. The van der Waals surface area contributed by atoms with E-state index in [1.54, 1.807) is 0 Å². The average Bonchev–Trinajstić information content (AvgIpc) is 2.38. The number of nitriles is 1. The predicted octanol–water partition coefficient (Wildman–Crippen LogP) is 3.31. The molecule has 20 heavy (non-hydrogen) atoms. The predicted molar refractivity (Wildman–Crippen MR) is 73.1 cm³/mol. The molecular formula is C11H5Cl2N5O2. The second-order valence-corrected chi connectivity index (χ2v) is 4.34. The average molecular weight is 310 g/mol. The lowest BCUT2D eigenvalue weighted by atomic mass is 10.2. The fraction of sp³-hybridized carbons (Fsp3) is 0. The molecule has 0 amide bonds. The van der Waals surface area contributed by atoms with Gasteiger partial charge in [-0.3, -0.25) is 10.1 Å². The van der Waals surface area contributed by atoms with Gasteiger partial charge in [-0.15, -0.1) is 0 Å². The van der Waals surface area contributed by atoms with Crippen LogP contribution in [0.2, 0.25) is 10.2 Å². The van der Waals surface area contributed by atoms with Gasteiger partial charge in [-0.2, -0.15) is 5.26 Å². The minimum atomic E-state index is -0.707. The van der Waals surface area contributed by atoms with Gasteiger partial charge >= 0.3 is 5.69 Å². The van der Waals surface area contributed by atoms with Gasteiger partial charge in [-0.1, -0.05) is 23.2 Å². The lowest BCUT2D eigenvalue weighted by Gasteiger charge is -2.08. The summed E-state index contributed by atoms with van der Waals surface area (Å²) >= 11 is 11.5. The topological polar surface area (TPSA) is 105 Å². The largest absolute Gasteiger partial charge is 0.348 e. The van der Waals surface area contributed by atoms with Gasteiger partial charge in [-0.25, -0.2) is 9.97 Å². The van der Waals surface area contributed by atoms with Crippen molar-refractivity contribution in [1.29, 1.82) is 5.26 Å². The molecule has 0 spiro atoms. The molecule has 2 rings (SSSR count). The zero-order chi connectivity index (χ0) is 14.7. The molecule has 1 N–H and O–H groups in total. The Balaban J connectivity index is 2.51. The summed E-state index contributed by atoms with van der Waals surface area (Å²) in [4.78, 5) is 17.6. The highest BCUT2D eigenvalue weighted by atomic mass is 35.5. The smallest absolute Gasteiger partial charge is 0.333 e. The standard InChI is InChI=1S/C11H5Cl2N5O2/c12-7-2-1-6(4-14)8(3-7)17-11-9(18(19)20)10(13)15-5-16-11/h1-3,5H,(H,15,16,17). The number of benzene rings is 1. The van der Waals surface area contributed by atoms with Crippen molar-refractivity contribution in [2.24, 2.45) is 0 Å². The molecule has 0 atom stereocenters. The molecule has 9 heteroatoms. The van der Waals surface area contributed by atoms with Crippen molar-refractivity contribution in [1.82, 2.24) is 9.97 Å². The first kappa shape index (κ1) is 14.0. The van der Waals surface area contributed by atoms with Crippen LogP contribution in [0, 0.1) is 21.4 Å². The molecular weight excluding hydrogens is 305 g/mol. The first-order valence-corrected chi connectivity index (χ1v) is 5.90. The van der Waals surface area contributed by atoms with E-state index in [1.165, 1.54) is 18.2 Å². The van der Waals surface area contributed by atoms with Gasteiger partial charge in [0.2, 0.25) is 11.0 Å².